The molecular weight excluding hydrogens is 809 g/mol. The Hall–Kier alpha value is -2.38. The van der Waals surface area contributed by atoms with E-state index in [1.54, 1.807) is 18.5 Å². The van der Waals surface area contributed by atoms with Crippen molar-refractivity contribution < 1.29 is 88.1 Å². The Labute approximate surface area is 327 Å². The SMILES string of the molecule is O=S(=O)([O-])C(F)(F)F.O=S(=O)([O-])c1cccc(P(c2ccccc2)c2ccccc2)c1.[CH]1[CH][CH][CH][CH]1.[Na+].[Ru+2].c1ccc(-c2cccnc2)nc1. The second-order valence-corrected chi connectivity index (χ2v) is 14.2. The smallest absolute Gasteiger partial charge is 0.744 e. The third-order valence-corrected chi connectivity index (χ3v) is 9.68. The minimum absolute atomic E-state index is 0. The molecule has 255 valence electrons. The molecule has 5 radical (unpaired) electrons. The van der Waals surface area contributed by atoms with E-state index in [1.807, 2.05) is 135 Å². The van der Waals surface area contributed by atoms with Crippen LogP contribution in [0.5, 0.6) is 0 Å². The maximum absolute atomic E-state index is 11.3. The average Bonchev–Trinajstić information content (AvgIpc) is 3.67. The van der Waals surface area contributed by atoms with E-state index in [-0.39, 0.29) is 53.9 Å². The molecule has 0 unspecified atom stereocenters. The Bertz CT molecular complexity index is 1810. The fourth-order valence-electron chi connectivity index (χ4n) is 3.75. The predicted molar refractivity (Wildman–Crippen MR) is 178 cm³/mol. The van der Waals surface area contributed by atoms with E-state index in [0.717, 1.165) is 27.2 Å². The third-order valence-electron chi connectivity index (χ3n) is 5.85. The fourth-order valence-corrected chi connectivity index (χ4v) is 6.69. The second-order valence-electron chi connectivity index (χ2n) is 9.28. The van der Waals surface area contributed by atoms with E-state index >= 15 is 0 Å². The van der Waals surface area contributed by atoms with Crippen molar-refractivity contribution in [2.75, 3.05) is 0 Å². The first-order valence-corrected chi connectivity index (χ1v) is 17.9. The number of alkyl halides is 3. The van der Waals surface area contributed by atoms with Crippen molar-refractivity contribution in [3.63, 3.8) is 0 Å². The van der Waals surface area contributed by atoms with Gasteiger partial charge in [0.1, 0.15) is 10.1 Å². The molecule has 6 rings (SSSR count). The standard InChI is InChI=1S/C18H15O3PS.C10H8N2.C5H5.CHF3O3S.Na.Ru/c19-23(20,21)18-13-7-12-17(14-18)22(15-8-3-1-4-9-15)16-10-5-2-6-11-16;1-2-7-12-10(5-1)9-4-3-6-11-8-9;1-2-4-5-3-1;2-1(3,4)8(5,6)7;;/h1-14H,(H,19,20,21);1-8H;1-5H;(H,5,6,7);;/q;;;;+1;+2/p-2. The largest absolute Gasteiger partial charge is 2.00 e. The Morgan fingerprint density at radius 2 is 1.08 bits per heavy atom. The van der Waals surface area contributed by atoms with Crippen molar-refractivity contribution in [2.24, 2.45) is 0 Å². The van der Waals surface area contributed by atoms with Gasteiger partial charge in [-0.1, -0.05) is 78.9 Å². The molecule has 2 heterocycles. The van der Waals surface area contributed by atoms with Gasteiger partial charge >= 0.3 is 54.5 Å². The normalized spacial score (nSPS) is 12.3. The number of pyridine rings is 2. The summed E-state index contributed by atoms with van der Waals surface area (Å²) < 4.78 is 92.9. The molecule has 0 spiro atoms. The fraction of sp³-hybridized carbons (Fsp3) is 0.0294. The Kier molecular flexibility index (Phi) is 20.6. The van der Waals surface area contributed by atoms with E-state index in [2.05, 4.69) is 9.97 Å². The van der Waals surface area contributed by atoms with Gasteiger partial charge in [0.25, 0.3) is 0 Å². The Balaban J connectivity index is 0.000000386. The number of rotatable bonds is 5. The van der Waals surface area contributed by atoms with Gasteiger partial charge in [-0.05, 0) is 92.3 Å². The summed E-state index contributed by atoms with van der Waals surface area (Å²) >= 11 is 0. The van der Waals surface area contributed by atoms with Crippen molar-refractivity contribution in [1.29, 1.82) is 0 Å². The van der Waals surface area contributed by atoms with Gasteiger partial charge in [0.05, 0.1) is 10.6 Å². The molecule has 0 N–H and O–H groups in total. The summed E-state index contributed by atoms with van der Waals surface area (Å²) in [5, 5.41) is 3.05. The quantitative estimate of drug-likeness (QED) is 0.114. The maximum Gasteiger partial charge on any atom is 2.00 e. The summed E-state index contributed by atoms with van der Waals surface area (Å²) in [7, 11) is -11.5. The zero-order valence-corrected chi connectivity index (χ0v) is 32.4. The minimum Gasteiger partial charge on any atom is -0.744 e. The van der Waals surface area contributed by atoms with Crippen LogP contribution < -0.4 is 45.5 Å². The summed E-state index contributed by atoms with van der Waals surface area (Å²) in [4.78, 5) is 8.04. The van der Waals surface area contributed by atoms with Crippen LogP contribution in [0.1, 0.15) is 0 Å². The monoisotopic (exact) mass is 836 g/mol. The number of nitrogens with zero attached hydrogens (tertiary/aromatic N) is 2. The van der Waals surface area contributed by atoms with Crippen molar-refractivity contribution in [2.45, 2.75) is 10.4 Å². The summed E-state index contributed by atoms with van der Waals surface area (Å²) in [5.41, 5.74) is -3.63. The molecule has 2 aromatic heterocycles. The number of aromatic nitrogens is 2. The summed E-state index contributed by atoms with van der Waals surface area (Å²) in [6.45, 7) is 0. The number of benzene rings is 3. The van der Waals surface area contributed by atoms with Gasteiger partial charge in [-0.25, -0.2) is 16.8 Å². The first kappa shape index (κ1) is 45.6. The van der Waals surface area contributed by atoms with E-state index < -0.39 is 33.7 Å². The van der Waals surface area contributed by atoms with Crippen molar-refractivity contribution in [1.82, 2.24) is 9.97 Å². The Morgan fingerprint density at radius 1 is 0.600 bits per heavy atom. The Morgan fingerprint density at radius 3 is 1.48 bits per heavy atom. The summed E-state index contributed by atoms with van der Waals surface area (Å²) in [6, 6.07) is 35.9. The summed E-state index contributed by atoms with van der Waals surface area (Å²) in [6.07, 6.45) is 15.3. The van der Waals surface area contributed by atoms with Crippen LogP contribution in [0.4, 0.5) is 13.2 Å². The van der Waals surface area contributed by atoms with E-state index in [4.69, 9.17) is 13.0 Å². The molecule has 0 amide bonds. The third kappa shape index (κ3) is 15.9. The zero-order chi connectivity index (χ0) is 35.0. The molecule has 0 saturated heterocycles. The molecule has 1 fully saturated rings. The van der Waals surface area contributed by atoms with Gasteiger partial charge in [-0.3, -0.25) is 9.97 Å². The first-order valence-electron chi connectivity index (χ1n) is 13.7. The molecule has 1 aliphatic rings. The van der Waals surface area contributed by atoms with Crippen molar-refractivity contribution in [3.8, 4) is 11.3 Å². The van der Waals surface area contributed by atoms with Gasteiger partial charge < -0.3 is 9.11 Å². The van der Waals surface area contributed by atoms with Crippen LogP contribution in [0.2, 0.25) is 0 Å². The van der Waals surface area contributed by atoms with E-state index in [1.165, 1.54) is 12.1 Å². The number of hydrogen-bond acceptors (Lipinski definition) is 8. The molecule has 0 aliphatic heterocycles. The molecule has 1 aliphatic carbocycles. The van der Waals surface area contributed by atoms with E-state index in [9.17, 15) is 26.1 Å². The topological polar surface area (TPSA) is 140 Å². The number of halogens is 3. The minimum atomic E-state index is -6.09. The second kappa shape index (κ2) is 22.5. The molecule has 0 bridgehead atoms. The van der Waals surface area contributed by atoms with Gasteiger partial charge in [-0.2, -0.15) is 13.2 Å². The molecule has 8 nitrogen and oxygen atoms in total. The molecule has 1 saturated carbocycles. The van der Waals surface area contributed by atoms with Gasteiger partial charge in [0, 0.05) is 24.2 Å². The van der Waals surface area contributed by atoms with E-state index in [0.29, 0.717) is 0 Å². The van der Waals surface area contributed by atoms with Crippen LogP contribution in [0.25, 0.3) is 11.3 Å². The molecular formula is C34H27F3N2NaO6PRuS2+. The molecule has 3 aromatic carbocycles. The van der Waals surface area contributed by atoms with Crippen LogP contribution in [-0.2, 0) is 39.7 Å². The van der Waals surface area contributed by atoms with Crippen LogP contribution in [0.15, 0.2) is 139 Å². The van der Waals surface area contributed by atoms with Crippen molar-refractivity contribution >= 4 is 44.1 Å². The molecule has 16 heteroatoms. The van der Waals surface area contributed by atoms with Crippen LogP contribution >= 0.6 is 7.92 Å². The molecule has 5 aromatic rings. The summed E-state index contributed by atoms with van der Waals surface area (Å²) in [5.74, 6) is 0. The van der Waals surface area contributed by atoms with Crippen molar-refractivity contribution in [3.05, 3.63) is 166 Å². The van der Waals surface area contributed by atoms with Crippen LogP contribution in [0.3, 0.4) is 0 Å². The van der Waals surface area contributed by atoms with Crippen LogP contribution in [-0.4, -0.2) is 41.4 Å². The van der Waals surface area contributed by atoms with Gasteiger partial charge in [0.2, 0.25) is 0 Å². The van der Waals surface area contributed by atoms with Crippen LogP contribution in [0, 0.1) is 32.1 Å². The maximum atomic E-state index is 11.3. The molecule has 0 atom stereocenters. The predicted octanol–water partition coefficient (Wildman–Crippen LogP) is 2.57. The average molecular weight is 836 g/mol. The first-order chi connectivity index (χ1) is 22.8. The zero-order valence-electron chi connectivity index (χ0n) is 26.2. The number of hydrogen-bond donors (Lipinski definition) is 0. The van der Waals surface area contributed by atoms with Gasteiger partial charge in [-0.15, -0.1) is 0 Å². The van der Waals surface area contributed by atoms with Gasteiger partial charge in [0.15, 0.2) is 10.1 Å². The molecule has 50 heavy (non-hydrogen) atoms.